The molecule has 0 aliphatic rings. The maximum atomic E-state index is 4.05. The third kappa shape index (κ3) is 2.24. The molecule has 0 spiro atoms. The average molecular weight is 287 g/mol. The molecule has 0 amide bonds. The second-order valence-corrected chi connectivity index (χ2v) is 4.98. The molecule has 0 aliphatic carbocycles. The maximum absolute atomic E-state index is 4.05. The molecule has 17 heavy (non-hydrogen) atoms. The smallest absolute Gasteiger partial charge is 0.0949 e. The van der Waals surface area contributed by atoms with Gasteiger partial charge < -0.3 is 4.57 Å². The van der Waals surface area contributed by atoms with Crippen LogP contribution in [0.3, 0.4) is 0 Å². The Morgan fingerprint density at radius 1 is 1.06 bits per heavy atom. The molecule has 1 heterocycles. The molecule has 0 radical (unpaired) electrons. The van der Waals surface area contributed by atoms with Gasteiger partial charge in [0.1, 0.15) is 0 Å². The summed E-state index contributed by atoms with van der Waals surface area (Å²) in [6, 6.07) is 12.9. The Labute approximate surface area is 108 Å². The van der Waals surface area contributed by atoms with Gasteiger partial charge in [0, 0.05) is 23.4 Å². The Morgan fingerprint density at radius 3 is 2.76 bits per heavy atom. The SMILES string of the molecule is Brc1ccc2ccc(Cn3ccnc3)cc2c1. The summed E-state index contributed by atoms with van der Waals surface area (Å²) in [7, 11) is 0. The zero-order valence-electron chi connectivity index (χ0n) is 9.18. The number of hydrogen-bond donors (Lipinski definition) is 0. The van der Waals surface area contributed by atoms with E-state index in [9.17, 15) is 0 Å². The molecule has 2 aromatic carbocycles. The van der Waals surface area contributed by atoms with Crippen LogP contribution in [0.15, 0.2) is 59.6 Å². The van der Waals surface area contributed by atoms with Gasteiger partial charge >= 0.3 is 0 Å². The maximum Gasteiger partial charge on any atom is 0.0949 e. The van der Waals surface area contributed by atoms with Gasteiger partial charge in [-0.15, -0.1) is 0 Å². The van der Waals surface area contributed by atoms with Crippen LogP contribution >= 0.6 is 15.9 Å². The van der Waals surface area contributed by atoms with Gasteiger partial charge in [-0.25, -0.2) is 4.98 Å². The number of rotatable bonds is 2. The Kier molecular flexibility index (Phi) is 2.69. The summed E-state index contributed by atoms with van der Waals surface area (Å²) < 4.78 is 3.18. The highest BCUT2D eigenvalue weighted by atomic mass is 79.9. The van der Waals surface area contributed by atoms with Crippen LogP contribution in [-0.4, -0.2) is 9.55 Å². The molecule has 0 saturated heterocycles. The molecule has 0 bridgehead atoms. The first-order valence-corrected chi connectivity index (χ1v) is 6.24. The summed E-state index contributed by atoms with van der Waals surface area (Å²) in [5, 5.41) is 2.53. The fraction of sp³-hybridized carbons (Fsp3) is 0.0714. The molecule has 0 atom stereocenters. The van der Waals surface area contributed by atoms with Gasteiger partial charge in [0.25, 0.3) is 0 Å². The lowest BCUT2D eigenvalue weighted by molar-refractivity contribution is 0.798. The van der Waals surface area contributed by atoms with E-state index >= 15 is 0 Å². The van der Waals surface area contributed by atoms with Crippen molar-refractivity contribution in [3.05, 3.63) is 65.2 Å². The Hall–Kier alpha value is -1.61. The van der Waals surface area contributed by atoms with Crippen molar-refractivity contribution < 1.29 is 0 Å². The monoisotopic (exact) mass is 286 g/mol. The first-order chi connectivity index (χ1) is 8.31. The van der Waals surface area contributed by atoms with Crippen molar-refractivity contribution in [1.29, 1.82) is 0 Å². The molecule has 0 unspecified atom stereocenters. The van der Waals surface area contributed by atoms with E-state index in [1.807, 2.05) is 12.5 Å². The topological polar surface area (TPSA) is 17.8 Å². The predicted octanol–water partition coefficient (Wildman–Crippen LogP) is 3.85. The number of halogens is 1. The molecule has 0 saturated carbocycles. The van der Waals surface area contributed by atoms with Gasteiger partial charge in [0.2, 0.25) is 0 Å². The summed E-state index contributed by atoms with van der Waals surface area (Å²) in [6.07, 6.45) is 5.62. The zero-order valence-corrected chi connectivity index (χ0v) is 10.8. The van der Waals surface area contributed by atoms with Crippen LogP contribution in [0.25, 0.3) is 10.8 Å². The van der Waals surface area contributed by atoms with Gasteiger partial charge in [-0.1, -0.05) is 34.1 Å². The van der Waals surface area contributed by atoms with Crippen molar-refractivity contribution in [2.75, 3.05) is 0 Å². The van der Waals surface area contributed by atoms with Gasteiger partial charge in [-0.2, -0.15) is 0 Å². The van der Waals surface area contributed by atoms with Crippen LogP contribution in [0.4, 0.5) is 0 Å². The fourth-order valence-electron chi connectivity index (χ4n) is 1.96. The van der Waals surface area contributed by atoms with E-state index in [0.29, 0.717) is 0 Å². The van der Waals surface area contributed by atoms with E-state index in [0.717, 1.165) is 11.0 Å². The highest BCUT2D eigenvalue weighted by molar-refractivity contribution is 9.10. The minimum Gasteiger partial charge on any atom is -0.333 e. The number of imidazole rings is 1. The van der Waals surface area contributed by atoms with Crippen molar-refractivity contribution >= 4 is 26.7 Å². The number of aromatic nitrogens is 2. The highest BCUT2D eigenvalue weighted by Gasteiger charge is 1.98. The molecule has 84 valence electrons. The van der Waals surface area contributed by atoms with E-state index < -0.39 is 0 Å². The van der Waals surface area contributed by atoms with Gasteiger partial charge in [0.05, 0.1) is 6.33 Å². The molecule has 2 nitrogen and oxygen atoms in total. The fourth-order valence-corrected chi connectivity index (χ4v) is 2.34. The lowest BCUT2D eigenvalue weighted by Crippen LogP contribution is -1.95. The van der Waals surface area contributed by atoms with E-state index in [1.54, 1.807) is 6.20 Å². The van der Waals surface area contributed by atoms with Crippen molar-refractivity contribution in [3.63, 3.8) is 0 Å². The minimum absolute atomic E-state index is 0.864. The van der Waals surface area contributed by atoms with Crippen LogP contribution in [0.2, 0.25) is 0 Å². The number of fused-ring (bicyclic) bond motifs is 1. The second-order valence-electron chi connectivity index (χ2n) is 4.06. The van der Waals surface area contributed by atoms with Crippen molar-refractivity contribution in [3.8, 4) is 0 Å². The molecule has 0 fully saturated rings. The Bertz CT molecular complexity index is 644. The summed E-state index contributed by atoms with van der Waals surface area (Å²) in [6.45, 7) is 0.864. The molecule has 0 aliphatic heterocycles. The number of hydrogen-bond acceptors (Lipinski definition) is 1. The van der Waals surface area contributed by atoms with Crippen molar-refractivity contribution in [2.24, 2.45) is 0 Å². The van der Waals surface area contributed by atoms with E-state index in [4.69, 9.17) is 0 Å². The van der Waals surface area contributed by atoms with Crippen molar-refractivity contribution in [1.82, 2.24) is 9.55 Å². The van der Waals surface area contributed by atoms with Gasteiger partial charge in [0.15, 0.2) is 0 Å². The van der Waals surface area contributed by atoms with Crippen molar-refractivity contribution in [2.45, 2.75) is 6.54 Å². The van der Waals surface area contributed by atoms with Crippen LogP contribution in [0, 0.1) is 0 Å². The Morgan fingerprint density at radius 2 is 1.94 bits per heavy atom. The van der Waals surface area contributed by atoms with Crippen LogP contribution in [-0.2, 0) is 6.54 Å². The normalized spacial score (nSPS) is 10.9. The summed E-state index contributed by atoms with van der Waals surface area (Å²) in [4.78, 5) is 4.05. The quantitative estimate of drug-likeness (QED) is 0.700. The molecule has 0 N–H and O–H groups in total. The van der Waals surface area contributed by atoms with Gasteiger partial charge in [-0.05, 0) is 34.5 Å². The standard InChI is InChI=1S/C14H11BrN2/c15-14-4-3-12-2-1-11(7-13(12)8-14)9-17-6-5-16-10-17/h1-8,10H,9H2. The largest absolute Gasteiger partial charge is 0.333 e. The van der Waals surface area contributed by atoms with E-state index in [1.165, 1.54) is 16.3 Å². The number of nitrogens with zero attached hydrogens (tertiary/aromatic N) is 2. The first-order valence-electron chi connectivity index (χ1n) is 5.45. The Balaban J connectivity index is 2.01. The van der Waals surface area contributed by atoms with Gasteiger partial charge in [-0.3, -0.25) is 0 Å². The summed E-state index contributed by atoms with van der Waals surface area (Å²) in [5.41, 5.74) is 1.29. The minimum atomic E-state index is 0.864. The van der Waals surface area contributed by atoms with Crippen LogP contribution < -0.4 is 0 Å². The highest BCUT2D eigenvalue weighted by Crippen LogP contribution is 2.21. The number of benzene rings is 2. The van der Waals surface area contributed by atoms with E-state index in [-0.39, 0.29) is 0 Å². The van der Waals surface area contributed by atoms with E-state index in [2.05, 4.69) is 61.9 Å². The molecular formula is C14H11BrN2. The lowest BCUT2D eigenvalue weighted by Gasteiger charge is -2.05. The third-order valence-corrected chi connectivity index (χ3v) is 3.28. The lowest BCUT2D eigenvalue weighted by atomic mass is 10.1. The summed E-state index contributed by atoms with van der Waals surface area (Å²) >= 11 is 3.50. The average Bonchev–Trinajstić information content (AvgIpc) is 2.81. The molecule has 3 rings (SSSR count). The molecular weight excluding hydrogens is 276 g/mol. The van der Waals surface area contributed by atoms with Crippen LogP contribution in [0.1, 0.15) is 5.56 Å². The summed E-state index contributed by atoms with van der Waals surface area (Å²) in [5.74, 6) is 0. The second kappa shape index (κ2) is 4.34. The predicted molar refractivity (Wildman–Crippen MR) is 73.0 cm³/mol. The molecule has 1 aromatic heterocycles. The molecule has 3 heteroatoms. The third-order valence-electron chi connectivity index (χ3n) is 2.79. The van der Waals surface area contributed by atoms with Crippen LogP contribution in [0.5, 0.6) is 0 Å². The zero-order chi connectivity index (χ0) is 11.7. The first kappa shape index (κ1) is 10.5. The molecule has 3 aromatic rings.